The van der Waals surface area contributed by atoms with Crippen LogP contribution in [0.2, 0.25) is 0 Å². The smallest absolute Gasteiger partial charge is 0.454 e. The van der Waals surface area contributed by atoms with Gasteiger partial charge in [-0.1, -0.05) is 0 Å². The van der Waals surface area contributed by atoms with E-state index in [9.17, 15) is 14.4 Å². The summed E-state index contributed by atoms with van der Waals surface area (Å²) in [5.41, 5.74) is -0.397. The van der Waals surface area contributed by atoms with Crippen LogP contribution in [0.25, 0.3) is 11.0 Å². The van der Waals surface area contributed by atoms with E-state index in [-0.39, 0.29) is 23.7 Å². The normalized spacial score (nSPS) is 10.8. The summed E-state index contributed by atoms with van der Waals surface area (Å²) in [4.78, 5) is 41.2. The van der Waals surface area contributed by atoms with Crippen molar-refractivity contribution in [1.82, 2.24) is 9.97 Å². The first kappa shape index (κ1) is 13.8. The second kappa shape index (κ2) is 5.32. The van der Waals surface area contributed by atoms with Crippen molar-refractivity contribution in [3.8, 4) is 0 Å². The van der Waals surface area contributed by atoms with E-state index >= 15 is 0 Å². The van der Waals surface area contributed by atoms with Crippen LogP contribution in [0.1, 0.15) is 21.9 Å². The summed E-state index contributed by atoms with van der Waals surface area (Å²) in [5, 5.41) is 0.597. The number of ether oxygens (including phenoxy) is 1. The summed E-state index contributed by atoms with van der Waals surface area (Å²) < 4.78 is 14.3. The molecule has 0 atom stereocenters. The molecule has 3 rings (SSSR count). The Labute approximate surface area is 122 Å². The monoisotopic (exact) mass is 302 g/mol. The molecule has 0 aliphatic carbocycles. The third kappa shape index (κ3) is 2.53. The van der Waals surface area contributed by atoms with E-state index in [1.165, 1.54) is 19.2 Å². The van der Waals surface area contributed by atoms with Gasteiger partial charge in [-0.3, -0.25) is 4.79 Å². The number of nitrogens with zero attached hydrogens (tertiary/aromatic N) is 1. The minimum absolute atomic E-state index is 0.0947. The van der Waals surface area contributed by atoms with Gasteiger partial charge >= 0.3 is 11.8 Å². The molecule has 112 valence electrons. The van der Waals surface area contributed by atoms with Gasteiger partial charge in [-0.25, -0.2) is 14.6 Å². The summed E-state index contributed by atoms with van der Waals surface area (Å²) in [6.45, 7) is 1.20. The maximum absolute atomic E-state index is 12.0. The Hall–Kier alpha value is -3.16. The van der Waals surface area contributed by atoms with E-state index in [0.29, 0.717) is 11.0 Å². The number of hydrogen-bond donors (Lipinski definition) is 1. The number of pyridine rings is 2. The largest absolute Gasteiger partial charge is 0.519 e. The molecule has 0 aromatic carbocycles. The first-order chi connectivity index (χ1) is 10.5. The molecule has 3 aromatic rings. The van der Waals surface area contributed by atoms with Gasteiger partial charge in [-0.05, 0) is 25.1 Å². The molecule has 3 heterocycles. The van der Waals surface area contributed by atoms with Crippen molar-refractivity contribution >= 4 is 17.0 Å². The summed E-state index contributed by atoms with van der Waals surface area (Å²) in [7, 11) is 0. The lowest BCUT2D eigenvalue weighted by Crippen LogP contribution is -2.19. The van der Waals surface area contributed by atoms with Crippen LogP contribution >= 0.6 is 0 Å². The molecule has 8 nitrogen and oxygen atoms in total. The standard InChI is InChI=1S/C14H10N2O6/c1-7-10(22-14(19)21-7)6-20-13(18)9-5-8-3-2-4-15-11(8)16-12(9)17/h2-5H,6H2,1H3,(H,15,16,17). The third-order valence-corrected chi connectivity index (χ3v) is 3.01. The number of hydrogen-bond acceptors (Lipinski definition) is 7. The number of esters is 1. The highest BCUT2D eigenvalue weighted by molar-refractivity contribution is 5.92. The van der Waals surface area contributed by atoms with Crippen LogP contribution in [0, 0.1) is 6.92 Å². The number of carbonyl (C=O) groups is 1. The first-order valence-corrected chi connectivity index (χ1v) is 6.29. The fourth-order valence-electron chi connectivity index (χ4n) is 1.90. The third-order valence-electron chi connectivity index (χ3n) is 3.01. The van der Waals surface area contributed by atoms with Crippen molar-refractivity contribution in [3.63, 3.8) is 0 Å². The lowest BCUT2D eigenvalue weighted by molar-refractivity contribution is 0.0441. The molecule has 0 unspecified atom stereocenters. The molecular formula is C14H10N2O6. The molecule has 8 heteroatoms. The Balaban J connectivity index is 1.86. The molecule has 0 saturated carbocycles. The van der Waals surface area contributed by atoms with E-state index in [1.54, 1.807) is 12.1 Å². The van der Waals surface area contributed by atoms with E-state index in [1.807, 2.05) is 0 Å². The zero-order valence-corrected chi connectivity index (χ0v) is 11.4. The Morgan fingerprint density at radius 1 is 1.36 bits per heavy atom. The second-order valence-electron chi connectivity index (χ2n) is 4.46. The fraction of sp³-hybridized carbons (Fsp3) is 0.143. The number of H-pyrrole nitrogens is 1. The maximum atomic E-state index is 12.0. The number of aryl methyl sites for hydroxylation is 1. The van der Waals surface area contributed by atoms with Gasteiger partial charge < -0.3 is 18.6 Å². The highest BCUT2D eigenvalue weighted by Gasteiger charge is 2.16. The first-order valence-electron chi connectivity index (χ1n) is 6.29. The maximum Gasteiger partial charge on any atom is 0.519 e. The average molecular weight is 302 g/mol. The number of aromatic nitrogens is 2. The Bertz CT molecular complexity index is 965. The number of carbonyl (C=O) groups excluding carboxylic acids is 1. The van der Waals surface area contributed by atoms with Gasteiger partial charge in [0.2, 0.25) is 0 Å². The predicted molar refractivity (Wildman–Crippen MR) is 73.5 cm³/mol. The second-order valence-corrected chi connectivity index (χ2v) is 4.46. The summed E-state index contributed by atoms with van der Waals surface area (Å²) in [6.07, 6.45) is 1.53. The van der Waals surface area contributed by atoms with Crippen LogP contribution in [-0.4, -0.2) is 15.9 Å². The van der Waals surface area contributed by atoms with Crippen LogP contribution in [0.3, 0.4) is 0 Å². The summed E-state index contributed by atoms with van der Waals surface area (Å²) in [5.74, 6) is -1.40. The fourth-order valence-corrected chi connectivity index (χ4v) is 1.90. The number of fused-ring (bicyclic) bond motifs is 1. The SMILES string of the molecule is Cc1oc(=O)oc1COC(=O)c1cc2cccnc2[nH]c1=O. The molecule has 1 N–H and O–H groups in total. The van der Waals surface area contributed by atoms with Crippen molar-refractivity contribution in [2.75, 3.05) is 0 Å². The quantitative estimate of drug-likeness (QED) is 0.721. The van der Waals surface area contributed by atoms with Crippen LogP contribution in [0.5, 0.6) is 0 Å². The minimum Gasteiger partial charge on any atom is -0.454 e. The molecule has 0 aliphatic rings. The van der Waals surface area contributed by atoms with Crippen molar-refractivity contribution < 1.29 is 18.4 Å². The zero-order valence-electron chi connectivity index (χ0n) is 11.4. The van der Waals surface area contributed by atoms with Crippen molar-refractivity contribution in [1.29, 1.82) is 0 Å². The molecule has 0 saturated heterocycles. The topological polar surface area (TPSA) is 115 Å². The number of nitrogens with one attached hydrogen (secondary N) is 1. The van der Waals surface area contributed by atoms with E-state index < -0.39 is 17.4 Å². The van der Waals surface area contributed by atoms with Gasteiger partial charge in [0.15, 0.2) is 18.1 Å². The van der Waals surface area contributed by atoms with Gasteiger partial charge in [-0.2, -0.15) is 0 Å². The van der Waals surface area contributed by atoms with Crippen LogP contribution in [-0.2, 0) is 11.3 Å². The van der Waals surface area contributed by atoms with Gasteiger partial charge in [0.1, 0.15) is 11.2 Å². The molecule has 3 aromatic heterocycles. The molecule has 0 aliphatic heterocycles. The lowest BCUT2D eigenvalue weighted by Gasteiger charge is -2.03. The Kier molecular flexibility index (Phi) is 3.34. The zero-order chi connectivity index (χ0) is 15.7. The van der Waals surface area contributed by atoms with Crippen LogP contribution < -0.4 is 11.4 Å². The average Bonchev–Trinajstić information content (AvgIpc) is 2.82. The predicted octanol–water partition coefficient (Wildman–Crippen LogP) is 1.13. The summed E-state index contributed by atoms with van der Waals surface area (Å²) in [6, 6.07) is 4.77. The van der Waals surface area contributed by atoms with Gasteiger partial charge in [-0.15, -0.1) is 0 Å². The Morgan fingerprint density at radius 2 is 2.18 bits per heavy atom. The molecule has 0 bridgehead atoms. The molecule has 0 radical (unpaired) electrons. The molecule has 0 spiro atoms. The lowest BCUT2D eigenvalue weighted by atomic mass is 10.2. The minimum atomic E-state index is -0.877. The van der Waals surface area contributed by atoms with Crippen LogP contribution in [0.15, 0.2) is 42.8 Å². The van der Waals surface area contributed by atoms with Crippen molar-refractivity contribution in [2.45, 2.75) is 13.5 Å². The van der Waals surface area contributed by atoms with Crippen molar-refractivity contribution in [2.24, 2.45) is 0 Å². The van der Waals surface area contributed by atoms with Crippen LogP contribution in [0.4, 0.5) is 0 Å². The number of rotatable bonds is 3. The summed E-state index contributed by atoms with van der Waals surface area (Å²) >= 11 is 0. The van der Waals surface area contributed by atoms with Gasteiger partial charge in [0.25, 0.3) is 5.56 Å². The van der Waals surface area contributed by atoms with Gasteiger partial charge in [0, 0.05) is 11.6 Å². The number of aromatic amines is 1. The van der Waals surface area contributed by atoms with E-state index in [2.05, 4.69) is 14.4 Å². The van der Waals surface area contributed by atoms with E-state index in [0.717, 1.165) is 0 Å². The van der Waals surface area contributed by atoms with E-state index in [4.69, 9.17) is 9.15 Å². The van der Waals surface area contributed by atoms with Gasteiger partial charge in [0.05, 0.1) is 0 Å². The molecular weight excluding hydrogens is 292 g/mol. The molecule has 0 amide bonds. The van der Waals surface area contributed by atoms with Crippen molar-refractivity contribution in [3.05, 3.63) is 62.5 Å². The molecule has 0 fully saturated rings. The highest BCUT2D eigenvalue weighted by atomic mass is 16.6. The highest BCUT2D eigenvalue weighted by Crippen LogP contribution is 2.11. The molecule has 22 heavy (non-hydrogen) atoms. The Morgan fingerprint density at radius 3 is 2.91 bits per heavy atom.